The Balaban J connectivity index is 1.46. The Morgan fingerprint density at radius 2 is 1.83 bits per heavy atom. The van der Waals surface area contributed by atoms with E-state index in [1.807, 2.05) is 37.3 Å². The van der Waals surface area contributed by atoms with Crippen LogP contribution in [-0.2, 0) is 21.4 Å². The Bertz CT molecular complexity index is 953. The van der Waals surface area contributed by atoms with E-state index in [0.717, 1.165) is 36.1 Å². The van der Waals surface area contributed by atoms with Crippen LogP contribution in [0.1, 0.15) is 43.2 Å². The van der Waals surface area contributed by atoms with Crippen molar-refractivity contribution in [2.24, 2.45) is 0 Å². The molecule has 1 aliphatic rings. The molecule has 0 unspecified atom stereocenters. The van der Waals surface area contributed by atoms with Crippen LogP contribution in [0.2, 0.25) is 0 Å². The zero-order chi connectivity index (χ0) is 21.4. The Hall–Kier alpha value is -2.38. The van der Waals surface area contributed by atoms with Crippen molar-refractivity contribution >= 4 is 15.9 Å². The van der Waals surface area contributed by atoms with Gasteiger partial charge in [-0.05, 0) is 55.5 Å². The highest BCUT2D eigenvalue weighted by Gasteiger charge is 2.25. The van der Waals surface area contributed by atoms with Gasteiger partial charge in [-0.2, -0.15) is 4.31 Å². The van der Waals surface area contributed by atoms with Gasteiger partial charge in [0.25, 0.3) is 0 Å². The van der Waals surface area contributed by atoms with E-state index in [1.165, 1.54) is 0 Å². The molecule has 2 aromatic rings. The molecule has 6 nitrogen and oxygen atoms in total. The minimum absolute atomic E-state index is 0.0762. The minimum Gasteiger partial charge on any atom is -0.493 e. The first-order valence-electron chi connectivity index (χ1n) is 10.5. The van der Waals surface area contributed by atoms with Gasteiger partial charge in [-0.3, -0.25) is 4.79 Å². The number of piperidine rings is 1. The number of aryl methyl sites for hydroxylation is 1. The molecular weight excluding hydrogens is 400 g/mol. The summed E-state index contributed by atoms with van der Waals surface area (Å²) in [6.07, 6.45) is 3.86. The Morgan fingerprint density at radius 3 is 2.60 bits per heavy atom. The second-order valence-corrected chi connectivity index (χ2v) is 9.54. The summed E-state index contributed by atoms with van der Waals surface area (Å²) in [5.41, 5.74) is 1.85. The number of carbonyl (C=O) groups is 1. The zero-order valence-corrected chi connectivity index (χ0v) is 18.3. The predicted molar refractivity (Wildman–Crippen MR) is 117 cm³/mol. The number of ether oxygens (including phenoxy) is 1. The lowest BCUT2D eigenvalue weighted by molar-refractivity contribution is -0.121. The predicted octanol–water partition coefficient (Wildman–Crippen LogP) is 3.65. The van der Waals surface area contributed by atoms with Crippen LogP contribution in [0, 0.1) is 6.92 Å². The van der Waals surface area contributed by atoms with Crippen molar-refractivity contribution < 1.29 is 17.9 Å². The average Bonchev–Trinajstić information content (AvgIpc) is 2.77. The van der Waals surface area contributed by atoms with E-state index >= 15 is 0 Å². The molecule has 0 aromatic heterocycles. The van der Waals surface area contributed by atoms with Gasteiger partial charge in [0.1, 0.15) is 5.75 Å². The molecule has 1 fully saturated rings. The van der Waals surface area contributed by atoms with Crippen LogP contribution in [0.5, 0.6) is 5.75 Å². The molecule has 0 aliphatic carbocycles. The second kappa shape index (κ2) is 10.6. The summed E-state index contributed by atoms with van der Waals surface area (Å²) in [4.78, 5) is 12.4. The topological polar surface area (TPSA) is 75.7 Å². The zero-order valence-electron chi connectivity index (χ0n) is 17.5. The first kappa shape index (κ1) is 22.3. The fourth-order valence-electron chi connectivity index (χ4n) is 3.49. The van der Waals surface area contributed by atoms with Gasteiger partial charge >= 0.3 is 0 Å². The largest absolute Gasteiger partial charge is 0.493 e. The summed E-state index contributed by atoms with van der Waals surface area (Å²) in [6, 6.07) is 14.6. The van der Waals surface area contributed by atoms with E-state index in [1.54, 1.807) is 22.5 Å². The number of hydrogen-bond donors (Lipinski definition) is 1. The van der Waals surface area contributed by atoms with Crippen molar-refractivity contribution in [3.8, 4) is 5.75 Å². The molecule has 30 heavy (non-hydrogen) atoms. The summed E-state index contributed by atoms with van der Waals surface area (Å²) in [7, 11) is -3.47. The smallest absolute Gasteiger partial charge is 0.243 e. The molecule has 0 radical (unpaired) electrons. The molecule has 0 atom stereocenters. The minimum atomic E-state index is -3.47. The van der Waals surface area contributed by atoms with Crippen LogP contribution in [-0.4, -0.2) is 38.3 Å². The summed E-state index contributed by atoms with van der Waals surface area (Å²) in [6.45, 7) is 3.92. The van der Waals surface area contributed by atoms with Gasteiger partial charge in [0.05, 0.1) is 11.5 Å². The lowest BCUT2D eigenvalue weighted by atomic mass is 10.2. The van der Waals surface area contributed by atoms with Crippen molar-refractivity contribution in [3.05, 3.63) is 59.7 Å². The fourth-order valence-corrected chi connectivity index (χ4v) is 5.08. The molecule has 0 saturated carbocycles. The Kier molecular flexibility index (Phi) is 7.87. The number of nitrogens with zero attached hydrogens (tertiary/aromatic N) is 1. The number of rotatable bonds is 9. The van der Waals surface area contributed by atoms with Gasteiger partial charge in [0, 0.05) is 26.1 Å². The Morgan fingerprint density at radius 1 is 1.07 bits per heavy atom. The number of hydrogen-bond acceptors (Lipinski definition) is 4. The maximum Gasteiger partial charge on any atom is 0.243 e. The third-order valence-corrected chi connectivity index (χ3v) is 7.13. The van der Waals surface area contributed by atoms with E-state index in [0.29, 0.717) is 44.0 Å². The van der Waals surface area contributed by atoms with E-state index in [9.17, 15) is 13.2 Å². The van der Waals surface area contributed by atoms with Crippen molar-refractivity contribution in [2.75, 3.05) is 19.7 Å². The molecule has 0 spiro atoms. The molecule has 0 bridgehead atoms. The maximum atomic E-state index is 12.8. The lowest BCUT2D eigenvalue weighted by Gasteiger charge is -2.26. The van der Waals surface area contributed by atoms with E-state index in [-0.39, 0.29) is 5.91 Å². The molecule has 7 heteroatoms. The van der Waals surface area contributed by atoms with Crippen LogP contribution in [0.25, 0.3) is 0 Å². The number of sulfonamides is 1. The van der Waals surface area contributed by atoms with E-state index in [4.69, 9.17) is 4.74 Å². The molecular formula is C23H30N2O4S. The molecule has 3 rings (SSSR count). The summed E-state index contributed by atoms with van der Waals surface area (Å²) >= 11 is 0. The molecule has 1 heterocycles. The lowest BCUT2D eigenvalue weighted by Crippen LogP contribution is -2.35. The quantitative estimate of drug-likeness (QED) is 0.616. The average molecular weight is 431 g/mol. The normalized spacial score (nSPS) is 15.0. The van der Waals surface area contributed by atoms with Gasteiger partial charge in [0.15, 0.2) is 0 Å². The summed E-state index contributed by atoms with van der Waals surface area (Å²) in [5.74, 6) is 0.761. The number of amides is 1. The van der Waals surface area contributed by atoms with Crippen LogP contribution < -0.4 is 10.1 Å². The highest BCUT2D eigenvalue weighted by molar-refractivity contribution is 7.89. The van der Waals surface area contributed by atoms with Gasteiger partial charge < -0.3 is 10.1 Å². The van der Waals surface area contributed by atoms with Crippen LogP contribution in [0.3, 0.4) is 0 Å². The molecule has 1 amide bonds. The first-order chi connectivity index (χ1) is 14.5. The maximum absolute atomic E-state index is 12.8. The molecule has 1 aliphatic heterocycles. The van der Waals surface area contributed by atoms with Crippen LogP contribution in [0.4, 0.5) is 0 Å². The summed E-state index contributed by atoms with van der Waals surface area (Å²) in [5, 5.41) is 2.86. The standard InChI is InChI=1S/C23H30N2O4S/c1-19-9-3-4-12-22(19)29-16-8-13-23(26)24-18-20-10-7-11-21(17-20)30(27,28)25-14-5-2-6-15-25/h3-4,7,9-12,17H,2,5-6,8,13-16,18H2,1H3,(H,24,26). The molecule has 1 N–H and O–H groups in total. The van der Waals surface area contributed by atoms with Gasteiger partial charge in [-0.15, -0.1) is 0 Å². The highest BCUT2D eigenvalue weighted by atomic mass is 32.2. The number of para-hydroxylation sites is 1. The second-order valence-electron chi connectivity index (χ2n) is 7.61. The Labute approximate surface area is 179 Å². The molecule has 2 aromatic carbocycles. The van der Waals surface area contributed by atoms with Crippen molar-refractivity contribution in [1.82, 2.24) is 9.62 Å². The summed E-state index contributed by atoms with van der Waals surface area (Å²) < 4.78 is 32.9. The van der Waals surface area contributed by atoms with Crippen molar-refractivity contribution in [3.63, 3.8) is 0 Å². The number of carbonyl (C=O) groups excluding carboxylic acids is 1. The van der Waals surface area contributed by atoms with Crippen LogP contribution >= 0.6 is 0 Å². The number of benzene rings is 2. The van der Waals surface area contributed by atoms with E-state index < -0.39 is 10.0 Å². The molecule has 162 valence electrons. The third-order valence-electron chi connectivity index (χ3n) is 5.24. The van der Waals surface area contributed by atoms with Gasteiger partial charge in [-0.25, -0.2) is 8.42 Å². The fraction of sp³-hybridized carbons (Fsp3) is 0.435. The van der Waals surface area contributed by atoms with Gasteiger partial charge in [0.2, 0.25) is 15.9 Å². The molecule has 1 saturated heterocycles. The van der Waals surface area contributed by atoms with E-state index in [2.05, 4.69) is 5.32 Å². The van der Waals surface area contributed by atoms with Crippen molar-refractivity contribution in [1.29, 1.82) is 0 Å². The monoisotopic (exact) mass is 430 g/mol. The SMILES string of the molecule is Cc1ccccc1OCCCC(=O)NCc1cccc(S(=O)(=O)N2CCCCC2)c1. The van der Waals surface area contributed by atoms with Gasteiger partial charge in [-0.1, -0.05) is 36.8 Å². The number of nitrogens with one attached hydrogen (secondary N) is 1. The van der Waals surface area contributed by atoms with Crippen LogP contribution in [0.15, 0.2) is 53.4 Å². The third kappa shape index (κ3) is 6.06. The highest BCUT2D eigenvalue weighted by Crippen LogP contribution is 2.21. The van der Waals surface area contributed by atoms with Crippen molar-refractivity contribution in [2.45, 2.75) is 50.5 Å². The first-order valence-corrected chi connectivity index (χ1v) is 11.9.